The molecule has 1 N–H and O–H groups in total. The Kier molecular flexibility index (Phi) is 7.78. The lowest BCUT2D eigenvalue weighted by molar-refractivity contribution is -0.151. The van der Waals surface area contributed by atoms with Gasteiger partial charge in [0.05, 0.1) is 11.8 Å². The van der Waals surface area contributed by atoms with E-state index in [0.29, 0.717) is 12.8 Å². The quantitative estimate of drug-likeness (QED) is 0.489. The van der Waals surface area contributed by atoms with Crippen LogP contribution in [0.2, 0.25) is 0 Å². The number of carbonyl (C=O) groups is 2. The molecule has 0 aliphatic rings. The molecular weight excluding hydrogens is 376 g/mol. The highest BCUT2D eigenvalue weighted by Crippen LogP contribution is 2.23. The Hall–Kier alpha value is -3.40. The summed E-state index contributed by atoms with van der Waals surface area (Å²) in [5.74, 6) is -2.44. The van der Waals surface area contributed by atoms with Crippen molar-refractivity contribution in [3.63, 3.8) is 0 Å². The van der Waals surface area contributed by atoms with Gasteiger partial charge >= 0.3 is 11.9 Å². The number of rotatable bonds is 10. The third kappa shape index (κ3) is 6.59. The lowest BCUT2D eigenvalue weighted by Gasteiger charge is -2.20. The number of benzene rings is 3. The summed E-state index contributed by atoms with van der Waals surface area (Å²) in [4.78, 5) is 24.9. The SMILES string of the molecule is O=C(O)C(Cc1ccccc1)CC(Cc1ccccc1)C(=O)OCc1ccccc1. The number of aliphatic carboxylic acids is 1. The Morgan fingerprint density at radius 1 is 0.667 bits per heavy atom. The molecule has 2 atom stereocenters. The largest absolute Gasteiger partial charge is 0.481 e. The van der Waals surface area contributed by atoms with Crippen LogP contribution in [-0.4, -0.2) is 17.0 Å². The van der Waals surface area contributed by atoms with Gasteiger partial charge in [-0.2, -0.15) is 0 Å². The fourth-order valence-corrected chi connectivity index (χ4v) is 3.52. The maximum absolute atomic E-state index is 12.9. The summed E-state index contributed by atoms with van der Waals surface area (Å²) >= 11 is 0. The van der Waals surface area contributed by atoms with Crippen molar-refractivity contribution in [2.24, 2.45) is 11.8 Å². The maximum Gasteiger partial charge on any atom is 0.309 e. The molecule has 154 valence electrons. The van der Waals surface area contributed by atoms with E-state index >= 15 is 0 Å². The maximum atomic E-state index is 12.9. The number of carboxylic acid groups (broad SMARTS) is 1. The Bertz CT molecular complexity index is 923. The highest BCUT2D eigenvalue weighted by molar-refractivity contribution is 5.75. The molecule has 3 rings (SSSR count). The second-order valence-electron chi connectivity index (χ2n) is 7.44. The first-order valence-corrected chi connectivity index (χ1v) is 10.1. The van der Waals surface area contributed by atoms with Crippen molar-refractivity contribution in [3.8, 4) is 0 Å². The van der Waals surface area contributed by atoms with Crippen molar-refractivity contribution < 1.29 is 19.4 Å². The molecule has 3 aromatic rings. The van der Waals surface area contributed by atoms with Crippen molar-refractivity contribution in [2.45, 2.75) is 25.9 Å². The molecule has 30 heavy (non-hydrogen) atoms. The lowest BCUT2D eigenvalue weighted by atomic mass is 9.86. The van der Waals surface area contributed by atoms with Crippen LogP contribution in [0.1, 0.15) is 23.1 Å². The zero-order valence-electron chi connectivity index (χ0n) is 16.8. The predicted molar refractivity (Wildman–Crippen MR) is 116 cm³/mol. The zero-order valence-corrected chi connectivity index (χ0v) is 16.8. The van der Waals surface area contributed by atoms with Gasteiger partial charge < -0.3 is 9.84 Å². The van der Waals surface area contributed by atoms with Gasteiger partial charge in [0.1, 0.15) is 6.61 Å². The van der Waals surface area contributed by atoms with Crippen molar-refractivity contribution >= 4 is 11.9 Å². The third-order valence-corrected chi connectivity index (χ3v) is 5.13. The van der Waals surface area contributed by atoms with E-state index in [4.69, 9.17) is 4.74 Å². The number of hydrogen-bond donors (Lipinski definition) is 1. The van der Waals surface area contributed by atoms with E-state index in [-0.39, 0.29) is 19.0 Å². The van der Waals surface area contributed by atoms with Crippen LogP contribution in [0.15, 0.2) is 91.0 Å². The monoisotopic (exact) mass is 402 g/mol. The molecule has 0 aromatic heterocycles. The van der Waals surface area contributed by atoms with Gasteiger partial charge in [0.2, 0.25) is 0 Å². The van der Waals surface area contributed by atoms with Crippen LogP contribution in [0.4, 0.5) is 0 Å². The van der Waals surface area contributed by atoms with Crippen molar-refractivity contribution in [1.29, 1.82) is 0 Å². The molecule has 0 saturated heterocycles. The summed E-state index contributed by atoms with van der Waals surface area (Å²) < 4.78 is 5.56. The van der Waals surface area contributed by atoms with Gasteiger partial charge in [-0.1, -0.05) is 91.0 Å². The molecule has 0 amide bonds. The topological polar surface area (TPSA) is 63.6 Å². The summed E-state index contributed by atoms with van der Waals surface area (Å²) in [6, 6.07) is 28.7. The Morgan fingerprint density at radius 3 is 1.57 bits per heavy atom. The standard InChI is InChI=1S/C26H26O4/c27-25(28)23(16-20-10-4-1-5-11-20)18-24(17-21-12-6-2-7-13-21)26(29)30-19-22-14-8-3-9-15-22/h1-15,23-24H,16-19H2,(H,27,28). The smallest absolute Gasteiger partial charge is 0.309 e. The van der Waals surface area contributed by atoms with E-state index in [9.17, 15) is 14.7 Å². The summed E-state index contributed by atoms with van der Waals surface area (Å²) in [5, 5.41) is 9.79. The van der Waals surface area contributed by atoms with Crippen LogP contribution in [-0.2, 0) is 33.8 Å². The third-order valence-electron chi connectivity index (χ3n) is 5.13. The molecule has 3 aromatic carbocycles. The fourth-order valence-electron chi connectivity index (χ4n) is 3.52. The fraction of sp³-hybridized carbons (Fsp3) is 0.231. The second-order valence-corrected chi connectivity index (χ2v) is 7.44. The number of carbonyl (C=O) groups excluding carboxylic acids is 1. The van der Waals surface area contributed by atoms with Crippen molar-refractivity contribution in [3.05, 3.63) is 108 Å². The molecule has 0 radical (unpaired) electrons. The Labute approximate surface area is 177 Å². The van der Waals surface area contributed by atoms with Crippen LogP contribution in [0.3, 0.4) is 0 Å². The number of hydrogen-bond acceptors (Lipinski definition) is 3. The summed E-state index contributed by atoms with van der Waals surface area (Å²) in [6.45, 7) is 0.182. The second kappa shape index (κ2) is 11.0. The number of carboxylic acids is 1. The molecule has 0 aliphatic heterocycles. The number of esters is 1. The van der Waals surface area contributed by atoms with Gasteiger partial charge in [-0.15, -0.1) is 0 Å². The van der Waals surface area contributed by atoms with Gasteiger partial charge in [0, 0.05) is 0 Å². The van der Waals surface area contributed by atoms with E-state index in [1.54, 1.807) is 0 Å². The predicted octanol–water partition coefficient (Wildman–Crippen LogP) is 4.92. The van der Waals surface area contributed by atoms with E-state index in [0.717, 1.165) is 16.7 Å². The molecule has 4 nitrogen and oxygen atoms in total. The van der Waals surface area contributed by atoms with Crippen molar-refractivity contribution in [2.75, 3.05) is 0 Å². The molecule has 0 fully saturated rings. The van der Waals surface area contributed by atoms with Crippen LogP contribution < -0.4 is 0 Å². The van der Waals surface area contributed by atoms with E-state index in [1.165, 1.54) is 0 Å². The van der Waals surface area contributed by atoms with Crippen LogP contribution in [0.5, 0.6) is 0 Å². The molecule has 0 bridgehead atoms. The Balaban J connectivity index is 1.73. The van der Waals surface area contributed by atoms with Crippen LogP contribution in [0, 0.1) is 11.8 Å². The average molecular weight is 402 g/mol. The molecule has 4 heteroatoms. The van der Waals surface area contributed by atoms with Gasteiger partial charge in [0.15, 0.2) is 0 Å². The number of ether oxygens (including phenoxy) is 1. The summed E-state index contributed by atoms with van der Waals surface area (Å²) in [6.07, 6.45) is 1.06. The van der Waals surface area contributed by atoms with Crippen LogP contribution >= 0.6 is 0 Å². The Morgan fingerprint density at radius 2 is 1.10 bits per heavy atom. The molecule has 0 spiro atoms. The van der Waals surface area contributed by atoms with Gasteiger partial charge in [0.25, 0.3) is 0 Å². The van der Waals surface area contributed by atoms with E-state index in [1.807, 2.05) is 91.0 Å². The minimum absolute atomic E-state index is 0.182. The highest BCUT2D eigenvalue weighted by Gasteiger charge is 2.29. The summed E-state index contributed by atoms with van der Waals surface area (Å²) in [5.41, 5.74) is 2.84. The zero-order chi connectivity index (χ0) is 21.2. The van der Waals surface area contributed by atoms with Gasteiger partial charge in [-0.3, -0.25) is 9.59 Å². The van der Waals surface area contributed by atoms with Gasteiger partial charge in [-0.25, -0.2) is 0 Å². The minimum Gasteiger partial charge on any atom is -0.481 e. The first kappa shape index (κ1) is 21.3. The highest BCUT2D eigenvalue weighted by atomic mass is 16.5. The van der Waals surface area contributed by atoms with E-state index in [2.05, 4.69) is 0 Å². The molecule has 0 saturated carbocycles. The average Bonchev–Trinajstić information content (AvgIpc) is 2.78. The molecular formula is C26H26O4. The lowest BCUT2D eigenvalue weighted by Crippen LogP contribution is -2.27. The van der Waals surface area contributed by atoms with Crippen molar-refractivity contribution in [1.82, 2.24) is 0 Å². The van der Waals surface area contributed by atoms with E-state index < -0.39 is 17.8 Å². The normalized spacial score (nSPS) is 12.7. The molecule has 2 unspecified atom stereocenters. The first-order valence-electron chi connectivity index (χ1n) is 10.1. The first-order chi connectivity index (χ1) is 14.6. The molecule has 0 aliphatic carbocycles. The minimum atomic E-state index is -0.896. The van der Waals surface area contributed by atoms with Gasteiger partial charge in [-0.05, 0) is 36.0 Å². The summed E-state index contributed by atoms with van der Waals surface area (Å²) in [7, 11) is 0. The molecule has 0 heterocycles. The van der Waals surface area contributed by atoms with Crippen LogP contribution in [0.25, 0.3) is 0 Å².